The molecule has 0 unspecified atom stereocenters. The fraction of sp³-hybridized carbons (Fsp3) is 0. The van der Waals surface area contributed by atoms with Crippen molar-refractivity contribution >= 4 is 36.3 Å². The zero-order chi connectivity index (χ0) is 21.9. The number of nitrogens with zero attached hydrogens (tertiary/aromatic N) is 1. The third-order valence-electron chi connectivity index (χ3n) is 4.58. The first-order valence-corrected chi connectivity index (χ1v) is 12.3. The van der Waals surface area contributed by atoms with Gasteiger partial charge in [0.15, 0.2) is 4.24 Å². The maximum atomic E-state index is 13.3. The molecule has 0 saturated heterocycles. The molecule has 4 aromatic rings. The number of benzene rings is 3. The lowest BCUT2D eigenvalue weighted by Gasteiger charge is -2.12. The first-order valence-electron chi connectivity index (χ1n) is 9.31. The van der Waals surface area contributed by atoms with Gasteiger partial charge in [0.1, 0.15) is 0 Å². The van der Waals surface area contributed by atoms with E-state index in [2.05, 4.69) is 10.3 Å². The molecule has 0 spiro atoms. The third kappa shape index (κ3) is 4.21. The molecule has 0 saturated carbocycles. The van der Waals surface area contributed by atoms with Gasteiger partial charge in [-0.05, 0) is 36.4 Å². The van der Waals surface area contributed by atoms with Gasteiger partial charge in [-0.2, -0.15) is 0 Å². The van der Waals surface area contributed by atoms with Crippen LogP contribution in [0.1, 0.15) is 0 Å². The fourth-order valence-corrected chi connectivity index (χ4v) is 6.68. The standard InChI is InChI=1S/C23H18N2O4S2/c26-30(27,20-10-3-1-4-11-20)23(31(28,29)21-12-5-2-6-13-21)17-24-19-15-18-9-7-8-14-22(18)25-16-19/h1-17,24H. The van der Waals surface area contributed by atoms with Crippen LogP contribution in [0.5, 0.6) is 0 Å². The molecule has 0 radical (unpaired) electrons. The van der Waals surface area contributed by atoms with Gasteiger partial charge in [-0.15, -0.1) is 0 Å². The Bertz CT molecular complexity index is 1390. The summed E-state index contributed by atoms with van der Waals surface area (Å²) in [7, 11) is -8.66. The second kappa shape index (κ2) is 8.33. The number of pyridine rings is 1. The van der Waals surface area contributed by atoms with Crippen molar-refractivity contribution in [3.63, 3.8) is 0 Å². The van der Waals surface area contributed by atoms with Crippen molar-refractivity contribution in [1.29, 1.82) is 0 Å². The summed E-state index contributed by atoms with van der Waals surface area (Å²) in [5.74, 6) is 0. The summed E-state index contributed by atoms with van der Waals surface area (Å²) in [4.78, 5) is 4.09. The first-order chi connectivity index (χ1) is 14.9. The monoisotopic (exact) mass is 450 g/mol. The molecule has 0 aliphatic carbocycles. The van der Waals surface area contributed by atoms with Crippen LogP contribution >= 0.6 is 0 Å². The lowest BCUT2D eigenvalue weighted by Crippen LogP contribution is -2.16. The zero-order valence-corrected chi connectivity index (χ0v) is 17.8. The number of rotatable bonds is 6. The molecule has 31 heavy (non-hydrogen) atoms. The molecule has 1 heterocycles. The highest BCUT2D eigenvalue weighted by molar-refractivity contribution is 8.14. The van der Waals surface area contributed by atoms with Crippen LogP contribution in [0.4, 0.5) is 5.69 Å². The van der Waals surface area contributed by atoms with Gasteiger partial charge in [0.05, 0.1) is 27.2 Å². The smallest absolute Gasteiger partial charge is 0.219 e. The van der Waals surface area contributed by atoms with E-state index in [9.17, 15) is 16.8 Å². The number of para-hydroxylation sites is 1. The van der Waals surface area contributed by atoms with E-state index in [-0.39, 0.29) is 9.79 Å². The molecule has 0 fully saturated rings. The zero-order valence-electron chi connectivity index (χ0n) is 16.2. The molecule has 0 amide bonds. The van der Waals surface area contributed by atoms with Crippen LogP contribution < -0.4 is 5.32 Å². The van der Waals surface area contributed by atoms with Gasteiger partial charge in [0.2, 0.25) is 19.7 Å². The van der Waals surface area contributed by atoms with E-state index in [1.165, 1.54) is 30.5 Å². The topological polar surface area (TPSA) is 93.2 Å². The number of anilines is 1. The van der Waals surface area contributed by atoms with Crippen molar-refractivity contribution in [3.8, 4) is 0 Å². The van der Waals surface area contributed by atoms with E-state index in [0.717, 1.165) is 17.1 Å². The average molecular weight is 451 g/mol. The van der Waals surface area contributed by atoms with E-state index in [1.54, 1.807) is 42.5 Å². The van der Waals surface area contributed by atoms with Gasteiger partial charge in [-0.25, -0.2) is 16.8 Å². The minimum absolute atomic E-state index is 0.112. The number of fused-ring (bicyclic) bond motifs is 1. The molecular formula is C23H18N2O4S2. The van der Waals surface area contributed by atoms with E-state index < -0.39 is 23.9 Å². The Balaban J connectivity index is 1.83. The molecule has 0 aliphatic heterocycles. The van der Waals surface area contributed by atoms with Gasteiger partial charge in [0.25, 0.3) is 0 Å². The second-order valence-electron chi connectivity index (χ2n) is 6.66. The summed E-state index contributed by atoms with van der Waals surface area (Å²) >= 11 is 0. The van der Waals surface area contributed by atoms with Crippen molar-refractivity contribution in [2.24, 2.45) is 0 Å². The maximum absolute atomic E-state index is 13.3. The molecule has 0 bridgehead atoms. The van der Waals surface area contributed by atoms with Gasteiger partial charge in [-0.1, -0.05) is 54.6 Å². The molecule has 4 rings (SSSR count). The Morgan fingerprint density at radius 1 is 0.710 bits per heavy atom. The summed E-state index contributed by atoms with van der Waals surface area (Å²) in [6.07, 6.45) is 2.52. The number of aromatic nitrogens is 1. The Labute approximate surface area is 180 Å². The number of hydrogen-bond donors (Lipinski definition) is 1. The molecule has 3 aromatic carbocycles. The number of sulfone groups is 2. The van der Waals surface area contributed by atoms with Crippen LogP contribution in [0.3, 0.4) is 0 Å². The quantitative estimate of drug-likeness (QED) is 0.468. The van der Waals surface area contributed by atoms with Crippen LogP contribution in [0, 0.1) is 0 Å². The van der Waals surface area contributed by atoms with E-state index >= 15 is 0 Å². The minimum atomic E-state index is -4.33. The molecule has 6 nitrogen and oxygen atoms in total. The molecule has 156 valence electrons. The van der Waals surface area contributed by atoms with Crippen LogP contribution in [0.25, 0.3) is 10.9 Å². The highest BCUT2D eigenvalue weighted by Crippen LogP contribution is 2.29. The summed E-state index contributed by atoms with van der Waals surface area (Å²) in [6, 6.07) is 24.1. The minimum Gasteiger partial charge on any atom is -0.359 e. The van der Waals surface area contributed by atoms with Crippen molar-refractivity contribution in [2.75, 3.05) is 5.32 Å². The predicted octanol–water partition coefficient (Wildman–Crippen LogP) is 4.39. The Hall–Kier alpha value is -3.49. The van der Waals surface area contributed by atoms with Crippen LogP contribution in [0.15, 0.2) is 117 Å². The maximum Gasteiger partial charge on any atom is 0.219 e. The van der Waals surface area contributed by atoms with Gasteiger partial charge in [-0.3, -0.25) is 4.98 Å². The summed E-state index contributed by atoms with van der Waals surface area (Å²) in [5.41, 5.74) is 1.23. The largest absolute Gasteiger partial charge is 0.359 e. The van der Waals surface area contributed by atoms with Gasteiger partial charge in [0, 0.05) is 11.6 Å². The first kappa shape index (κ1) is 20.8. The Kier molecular flexibility index (Phi) is 5.58. The van der Waals surface area contributed by atoms with Crippen LogP contribution in [-0.2, 0) is 19.7 Å². The summed E-state index contributed by atoms with van der Waals surface area (Å²) in [6.45, 7) is 0. The molecule has 1 aromatic heterocycles. The lowest BCUT2D eigenvalue weighted by molar-refractivity contribution is 0.595. The lowest BCUT2D eigenvalue weighted by atomic mass is 10.2. The van der Waals surface area contributed by atoms with Crippen LogP contribution in [0.2, 0.25) is 0 Å². The van der Waals surface area contributed by atoms with Crippen LogP contribution in [-0.4, -0.2) is 21.8 Å². The van der Waals surface area contributed by atoms with E-state index in [4.69, 9.17) is 0 Å². The molecule has 0 atom stereocenters. The van der Waals surface area contributed by atoms with Gasteiger partial charge >= 0.3 is 0 Å². The average Bonchev–Trinajstić information content (AvgIpc) is 2.80. The normalized spacial score (nSPS) is 11.7. The SMILES string of the molecule is O=S(=O)(C(=CNc1cnc2ccccc2c1)S(=O)(=O)c1ccccc1)c1ccccc1. The number of nitrogens with one attached hydrogen (secondary N) is 1. The Morgan fingerprint density at radius 2 is 1.23 bits per heavy atom. The van der Waals surface area contributed by atoms with Crippen molar-refractivity contribution < 1.29 is 16.8 Å². The summed E-state index contributed by atoms with van der Waals surface area (Å²) < 4.78 is 52.4. The van der Waals surface area contributed by atoms with Crippen molar-refractivity contribution in [3.05, 3.63) is 108 Å². The fourth-order valence-electron chi connectivity index (χ4n) is 3.02. The second-order valence-corrected chi connectivity index (χ2v) is 10.8. The highest BCUT2D eigenvalue weighted by atomic mass is 32.3. The van der Waals surface area contributed by atoms with Crippen molar-refractivity contribution in [1.82, 2.24) is 4.98 Å². The highest BCUT2D eigenvalue weighted by Gasteiger charge is 2.33. The number of hydrogen-bond acceptors (Lipinski definition) is 6. The third-order valence-corrected chi connectivity index (χ3v) is 8.98. The molecule has 0 aliphatic rings. The predicted molar refractivity (Wildman–Crippen MR) is 121 cm³/mol. The van der Waals surface area contributed by atoms with E-state index in [0.29, 0.717) is 5.69 Å². The Morgan fingerprint density at radius 3 is 1.81 bits per heavy atom. The van der Waals surface area contributed by atoms with E-state index in [1.807, 2.05) is 24.3 Å². The van der Waals surface area contributed by atoms with Crippen molar-refractivity contribution in [2.45, 2.75) is 9.79 Å². The summed E-state index contributed by atoms with van der Waals surface area (Å²) in [5, 5.41) is 3.64. The molecular weight excluding hydrogens is 432 g/mol. The van der Waals surface area contributed by atoms with Gasteiger partial charge < -0.3 is 5.32 Å². The molecule has 8 heteroatoms. The molecule has 1 N–H and O–H groups in total.